The van der Waals surface area contributed by atoms with Crippen LogP contribution in [0.25, 0.3) is 0 Å². The standard InChI is InChI=1S/C31H39ClN2O6/c1-3-30-15-7-4-5-10-20-39-29(38)24(30)23-27(36)34(17-8-6-9-19-35)26-28(37)33(18-12-16-31(23,26)40-30)25-21(2)13-11-14-22(25)32/h7,11-16,23-24,26,35H,3-6,8-10,17-20H2,1-2H3/b15-7-/t23-,24-,26?,30+,31-/m0/s1. The fourth-order valence-electron chi connectivity index (χ4n) is 7.01. The lowest BCUT2D eigenvalue weighted by Gasteiger charge is -2.39. The largest absolute Gasteiger partial charge is 0.465 e. The predicted octanol–water partition coefficient (Wildman–Crippen LogP) is 4.36. The molecular weight excluding hydrogens is 532 g/mol. The van der Waals surface area contributed by atoms with E-state index in [0.717, 1.165) is 24.8 Å². The molecule has 4 aliphatic heterocycles. The number of carbonyl (C=O) groups excluding carboxylic acids is 3. The van der Waals surface area contributed by atoms with Gasteiger partial charge < -0.3 is 24.4 Å². The summed E-state index contributed by atoms with van der Waals surface area (Å²) in [7, 11) is 0. The molecule has 5 rings (SSSR count). The van der Waals surface area contributed by atoms with E-state index in [1.807, 2.05) is 50.3 Å². The van der Waals surface area contributed by atoms with Crippen molar-refractivity contribution in [1.82, 2.24) is 4.90 Å². The smallest absolute Gasteiger partial charge is 0.313 e. The molecule has 9 heteroatoms. The Bertz CT molecular complexity index is 1200. The Hall–Kier alpha value is -2.68. The topological polar surface area (TPSA) is 96.4 Å². The van der Waals surface area contributed by atoms with E-state index in [9.17, 15) is 19.5 Å². The summed E-state index contributed by atoms with van der Waals surface area (Å²) in [5, 5.41) is 9.74. The zero-order chi connectivity index (χ0) is 28.5. The van der Waals surface area contributed by atoms with Crippen LogP contribution in [0, 0.1) is 18.8 Å². The van der Waals surface area contributed by atoms with Gasteiger partial charge in [-0.2, -0.15) is 0 Å². The maximum atomic E-state index is 14.6. The van der Waals surface area contributed by atoms with Crippen molar-refractivity contribution in [1.29, 1.82) is 0 Å². The summed E-state index contributed by atoms with van der Waals surface area (Å²) in [4.78, 5) is 46.0. The van der Waals surface area contributed by atoms with Gasteiger partial charge in [0.1, 0.15) is 23.2 Å². The molecule has 2 saturated heterocycles. The monoisotopic (exact) mass is 570 g/mol. The minimum Gasteiger partial charge on any atom is -0.465 e. The van der Waals surface area contributed by atoms with Gasteiger partial charge in [0, 0.05) is 19.7 Å². The van der Waals surface area contributed by atoms with E-state index < -0.39 is 35.0 Å². The Kier molecular flexibility index (Phi) is 8.41. The molecule has 1 unspecified atom stereocenters. The van der Waals surface area contributed by atoms with Crippen LogP contribution < -0.4 is 4.90 Å². The molecule has 0 saturated carbocycles. The van der Waals surface area contributed by atoms with Crippen LogP contribution in [-0.4, -0.2) is 71.3 Å². The molecule has 0 aromatic heterocycles. The summed E-state index contributed by atoms with van der Waals surface area (Å²) in [5.41, 5.74) is -0.962. The Morgan fingerprint density at radius 2 is 1.88 bits per heavy atom. The number of hydrogen-bond acceptors (Lipinski definition) is 6. The summed E-state index contributed by atoms with van der Waals surface area (Å²) in [5.74, 6) is -2.79. The highest BCUT2D eigenvalue weighted by Gasteiger charge is 2.75. The molecule has 1 spiro atoms. The molecule has 8 nitrogen and oxygen atoms in total. The molecule has 1 aromatic carbocycles. The quantitative estimate of drug-likeness (QED) is 0.297. The number of cyclic esters (lactones) is 1. The number of hydrogen-bond donors (Lipinski definition) is 1. The van der Waals surface area contributed by atoms with Gasteiger partial charge in [-0.3, -0.25) is 14.4 Å². The van der Waals surface area contributed by atoms with E-state index in [4.69, 9.17) is 21.1 Å². The number of esters is 1. The lowest BCUT2D eigenvalue weighted by Crippen LogP contribution is -2.56. The summed E-state index contributed by atoms with van der Waals surface area (Å²) >= 11 is 6.62. The average Bonchev–Trinajstić information content (AvgIpc) is 3.29. The Morgan fingerprint density at radius 3 is 2.62 bits per heavy atom. The summed E-state index contributed by atoms with van der Waals surface area (Å²) < 4.78 is 12.7. The Balaban J connectivity index is 1.64. The van der Waals surface area contributed by atoms with Gasteiger partial charge in [0.2, 0.25) is 5.91 Å². The van der Waals surface area contributed by atoms with Crippen LogP contribution in [0.5, 0.6) is 0 Å². The van der Waals surface area contributed by atoms with Crippen molar-refractivity contribution >= 4 is 35.1 Å². The number of para-hydroxylation sites is 1. The van der Waals surface area contributed by atoms with Gasteiger partial charge in [0.05, 0.1) is 23.2 Å². The lowest BCUT2D eigenvalue weighted by molar-refractivity contribution is -0.160. The maximum Gasteiger partial charge on any atom is 0.313 e. The van der Waals surface area contributed by atoms with Crippen LogP contribution in [-0.2, 0) is 23.9 Å². The summed E-state index contributed by atoms with van der Waals surface area (Å²) in [6.45, 7) is 4.78. The third kappa shape index (κ3) is 4.68. The van der Waals surface area contributed by atoms with Gasteiger partial charge in [-0.25, -0.2) is 0 Å². The average molecular weight is 571 g/mol. The zero-order valence-electron chi connectivity index (χ0n) is 23.3. The number of ether oxygens (including phenoxy) is 2. The van der Waals surface area contributed by atoms with Crippen molar-refractivity contribution in [2.24, 2.45) is 11.8 Å². The van der Waals surface area contributed by atoms with Crippen molar-refractivity contribution in [2.75, 3.05) is 31.2 Å². The minimum absolute atomic E-state index is 0.0630. The third-order valence-electron chi connectivity index (χ3n) is 8.90. The fourth-order valence-corrected chi connectivity index (χ4v) is 7.34. The molecule has 40 heavy (non-hydrogen) atoms. The van der Waals surface area contributed by atoms with E-state index in [-0.39, 0.29) is 25.0 Å². The first kappa shape index (κ1) is 28.8. The van der Waals surface area contributed by atoms with Crippen LogP contribution in [0.1, 0.15) is 57.4 Å². The molecular formula is C31H39ClN2O6. The van der Waals surface area contributed by atoms with Crippen molar-refractivity contribution < 1.29 is 29.0 Å². The highest BCUT2D eigenvalue weighted by atomic mass is 35.5. The number of halogens is 1. The number of aryl methyl sites for hydroxylation is 1. The number of anilines is 1. The van der Waals surface area contributed by atoms with Crippen molar-refractivity contribution in [3.63, 3.8) is 0 Å². The van der Waals surface area contributed by atoms with Gasteiger partial charge in [0.15, 0.2) is 0 Å². The first-order valence-corrected chi connectivity index (χ1v) is 14.9. The number of nitrogens with zero attached hydrogens (tertiary/aromatic N) is 2. The van der Waals surface area contributed by atoms with Crippen molar-refractivity contribution in [2.45, 2.75) is 76.0 Å². The number of carbonyl (C=O) groups is 3. The molecule has 216 valence electrons. The van der Waals surface area contributed by atoms with E-state index in [1.165, 1.54) is 0 Å². The van der Waals surface area contributed by atoms with Crippen molar-refractivity contribution in [3.8, 4) is 0 Å². The van der Waals surface area contributed by atoms with E-state index >= 15 is 0 Å². The second-order valence-corrected chi connectivity index (χ2v) is 11.7. The lowest BCUT2D eigenvalue weighted by atomic mass is 9.73. The highest BCUT2D eigenvalue weighted by molar-refractivity contribution is 6.34. The van der Waals surface area contributed by atoms with Gasteiger partial charge >= 0.3 is 5.97 Å². The first-order chi connectivity index (χ1) is 19.3. The second kappa shape index (κ2) is 11.7. The zero-order valence-corrected chi connectivity index (χ0v) is 24.1. The molecule has 0 radical (unpaired) electrons. The van der Waals surface area contributed by atoms with Crippen LogP contribution in [0.4, 0.5) is 5.69 Å². The number of unbranched alkanes of at least 4 members (excludes halogenated alkanes) is 2. The number of benzene rings is 1. The van der Waals surface area contributed by atoms with Crippen molar-refractivity contribution in [3.05, 3.63) is 53.1 Å². The number of allylic oxidation sites excluding steroid dienone is 1. The number of rotatable bonds is 7. The third-order valence-corrected chi connectivity index (χ3v) is 9.20. The molecule has 0 bridgehead atoms. The SMILES string of the molecule is CC[C@@]12/C=C\CCCCOC(=O)[C@@H]1[C@H]1C(=O)N(CCCCCO)C3C(=O)N(c4c(C)cccc4Cl)CC=C[C@@]31O2. The van der Waals surface area contributed by atoms with Crippen LogP contribution >= 0.6 is 11.6 Å². The number of fused-ring (bicyclic) bond motifs is 2. The van der Waals surface area contributed by atoms with Gasteiger partial charge in [-0.15, -0.1) is 0 Å². The highest BCUT2D eigenvalue weighted by Crippen LogP contribution is 2.58. The first-order valence-electron chi connectivity index (χ1n) is 14.5. The van der Waals surface area contributed by atoms with Gasteiger partial charge in [-0.1, -0.05) is 55.0 Å². The van der Waals surface area contributed by atoms with Crippen LogP contribution in [0.15, 0.2) is 42.5 Å². The molecule has 2 fully saturated rings. The summed E-state index contributed by atoms with van der Waals surface area (Å²) in [6.07, 6.45) is 12.5. The molecule has 5 atom stereocenters. The number of amides is 2. The number of likely N-dealkylation sites (tertiary alicyclic amines) is 1. The van der Waals surface area contributed by atoms with E-state index in [1.54, 1.807) is 15.9 Å². The maximum absolute atomic E-state index is 14.6. The summed E-state index contributed by atoms with van der Waals surface area (Å²) in [6, 6.07) is 4.52. The Morgan fingerprint density at radius 1 is 1.05 bits per heavy atom. The fraction of sp³-hybridized carbons (Fsp3) is 0.581. The van der Waals surface area contributed by atoms with Gasteiger partial charge in [0.25, 0.3) is 5.91 Å². The predicted molar refractivity (Wildman–Crippen MR) is 152 cm³/mol. The number of aliphatic hydroxyl groups excluding tert-OH is 1. The van der Waals surface area contributed by atoms with Crippen LogP contribution in [0.3, 0.4) is 0 Å². The Labute approximate surface area is 240 Å². The molecule has 1 aromatic rings. The second-order valence-electron chi connectivity index (χ2n) is 11.3. The number of aliphatic hydroxyl groups is 1. The van der Waals surface area contributed by atoms with E-state index in [2.05, 4.69) is 0 Å². The van der Waals surface area contributed by atoms with E-state index in [0.29, 0.717) is 49.5 Å². The molecule has 1 N–H and O–H groups in total. The minimum atomic E-state index is -1.34. The molecule has 4 aliphatic rings. The molecule has 0 aliphatic carbocycles. The molecule has 2 amide bonds. The normalized spacial score (nSPS) is 32.8. The van der Waals surface area contributed by atoms with Crippen LogP contribution in [0.2, 0.25) is 5.02 Å². The molecule has 4 heterocycles. The van der Waals surface area contributed by atoms with Gasteiger partial charge in [-0.05, 0) is 63.5 Å².